The number of nitrogens with one attached hydrogen (secondary N) is 2. The molecule has 0 aliphatic carbocycles. The van der Waals surface area contributed by atoms with Crippen molar-refractivity contribution in [3.63, 3.8) is 0 Å². The van der Waals surface area contributed by atoms with E-state index >= 15 is 0 Å². The molecule has 0 radical (unpaired) electrons. The number of H-pyrrole nitrogens is 1. The van der Waals surface area contributed by atoms with Gasteiger partial charge in [0.2, 0.25) is 0 Å². The van der Waals surface area contributed by atoms with Crippen LogP contribution in [0.5, 0.6) is 0 Å². The molecule has 1 aromatic rings. The molecule has 1 aromatic heterocycles. The van der Waals surface area contributed by atoms with Crippen molar-refractivity contribution in [2.24, 2.45) is 5.73 Å². The minimum absolute atomic E-state index is 0.109. The number of amides is 1. The Morgan fingerprint density at radius 3 is 2.80 bits per heavy atom. The molecule has 1 heterocycles. The van der Waals surface area contributed by atoms with E-state index in [1.807, 2.05) is 0 Å². The van der Waals surface area contributed by atoms with Gasteiger partial charge in [-0.25, -0.2) is 5.10 Å². The number of rotatable bonds is 3. The zero-order valence-electron chi connectivity index (χ0n) is 7.98. The third-order valence-electron chi connectivity index (χ3n) is 1.69. The Kier molecular flexibility index (Phi) is 3.51. The van der Waals surface area contributed by atoms with Crippen LogP contribution < -0.4 is 16.6 Å². The molecular formula is C8H10N4O2S. The molecule has 4 N–H and O–H groups in total. The van der Waals surface area contributed by atoms with Crippen LogP contribution in [0.1, 0.15) is 17.4 Å². The van der Waals surface area contributed by atoms with E-state index < -0.39 is 11.9 Å². The van der Waals surface area contributed by atoms with Crippen molar-refractivity contribution in [1.82, 2.24) is 15.5 Å². The summed E-state index contributed by atoms with van der Waals surface area (Å²) >= 11 is 4.69. The summed E-state index contributed by atoms with van der Waals surface area (Å²) in [6, 6.07) is 2.12. The maximum absolute atomic E-state index is 11.5. The van der Waals surface area contributed by atoms with E-state index in [4.69, 9.17) is 18.0 Å². The molecule has 0 aliphatic heterocycles. The van der Waals surface area contributed by atoms with Gasteiger partial charge in [-0.2, -0.15) is 5.10 Å². The minimum Gasteiger partial charge on any atom is -0.392 e. The number of carbonyl (C=O) groups excluding carboxylic acids is 1. The summed E-state index contributed by atoms with van der Waals surface area (Å²) in [5, 5.41) is 8.24. The van der Waals surface area contributed by atoms with E-state index in [1.165, 1.54) is 12.1 Å². The maximum Gasteiger partial charge on any atom is 0.272 e. The number of hydrogen-bond donors (Lipinski definition) is 3. The highest BCUT2D eigenvalue weighted by Gasteiger charge is 2.12. The highest BCUT2D eigenvalue weighted by Crippen LogP contribution is 1.91. The molecule has 1 unspecified atom stereocenters. The van der Waals surface area contributed by atoms with Crippen molar-refractivity contribution in [3.8, 4) is 0 Å². The molecule has 0 saturated carbocycles. The number of hydrogen-bond acceptors (Lipinski definition) is 4. The highest BCUT2D eigenvalue weighted by molar-refractivity contribution is 7.80. The van der Waals surface area contributed by atoms with Crippen molar-refractivity contribution < 1.29 is 4.79 Å². The van der Waals surface area contributed by atoms with Crippen molar-refractivity contribution in [3.05, 3.63) is 28.2 Å². The van der Waals surface area contributed by atoms with Gasteiger partial charge in [0.15, 0.2) is 0 Å². The lowest BCUT2D eigenvalue weighted by Gasteiger charge is -2.10. The van der Waals surface area contributed by atoms with Gasteiger partial charge >= 0.3 is 0 Å². The van der Waals surface area contributed by atoms with Gasteiger partial charge < -0.3 is 11.1 Å². The fraction of sp³-hybridized carbons (Fsp3) is 0.250. The lowest BCUT2D eigenvalue weighted by molar-refractivity contribution is 0.0943. The van der Waals surface area contributed by atoms with Gasteiger partial charge in [-0.3, -0.25) is 9.59 Å². The second-order valence-corrected chi connectivity index (χ2v) is 3.38. The largest absolute Gasteiger partial charge is 0.392 e. The summed E-state index contributed by atoms with van der Waals surface area (Å²) in [6.45, 7) is 1.66. The van der Waals surface area contributed by atoms with E-state index in [2.05, 4.69) is 15.5 Å². The molecule has 0 saturated heterocycles. The molecule has 0 bridgehead atoms. The number of aromatic amines is 1. The zero-order chi connectivity index (χ0) is 11.4. The fourth-order valence-corrected chi connectivity index (χ4v) is 0.872. The SMILES string of the molecule is CC(NC(=O)c1ccc(=O)[nH]n1)C(N)=S. The van der Waals surface area contributed by atoms with Gasteiger partial charge in [0.25, 0.3) is 11.5 Å². The summed E-state index contributed by atoms with van der Waals surface area (Å²) in [7, 11) is 0. The molecule has 0 aromatic carbocycles. The van der Waals surface area contributed by atoms with Gasteiger partial charge in [-0.15, -0.1) is 0 Å². The number of nitrogens with zero attached hydrogens (tertiary/aromatic N) is 1. The fourth-order valence-electron chi connectivity index (χ4n) is 0.813. The summed E-state index contributed by atoms with van der Waals surface area (Å²) in [6.07, 6.45) is 0. The van der Waals surface area contributed by atoms with Gasteiger partial charge in [0.1, 0.15) is 5.69 Å². The lowest BCUT2D eigenvalue weighted by Crippen LogP contribution is -2.41. The average molecular weight is 226 g/mol. The smallest absolute Gasteiger partial charge is 0.272 e. The molecule has 1 rings (SSSR count). The van der Waals surface area contributed by atoms with Crippen molar-refractivity contribution >= 4 is 23.1 Å². The number of aromatic nitrogens is 2. The van der Waals surface area contributed by atoms with E-state index in [9.17, 15) is 9.59 Å². The standard InChI is InChI=1S/C8H10N4O2S/c1-4(7(9)15)10-8(14)5-2-3-6(13)12-11-5/h2-4H,1H3,(H2,9,15)(H,10,14)(H,12,13). The number of carbonyl (C=O) groups is 1. The van der Waals surface area contributed by atoms with Crippen molar-refractivity contribution in [1.29, 1.82) is 0 Å². The van der Waals surface area contributed by atoms with Crippen LogP contribution in [0.15, 0.2) is 16.9 Å². The minimum atomic E-state index is -0.438. The summed E-state index contributed by atoms with van der Waals surface area (Å²) < 4.78 is 0. The van der Waals surface area contributed by atoms with Crippen LogP contribution in [-0.2, 0) is 0 Å². The molecule has 80 valence electrons. The summed E-state index contributed by atoms with van der Waals surface area (Å²) in [5.41, 5.74) is 5.07. The Morgan fingerprint density at radius 1 is 1.67 bits per heavy atom. The zero-order valence-corrected chi connectivity index (χ0v) is 8.80. The van der Waals surface area contributed by atoms with Crippen LogP contribution >= 0.6 is 12.2 Å². The van der Waals surface area contributed by atoms with Crippen LogP contribution in [0, 0.1) is 0 Å². The Balaban J connectivity index is 2.73. The topological polar surface area (TPSA) is 101 Å². The molecule has 6 nitrogen and oxygen atoms in total. The first-order valence-corrected chi connectivity index (χ1v) is 4.57. The van der Waals surface area contributed by atoms with E-state index in [-0.39, 0.29) is 16.2 Å². The molecule has 0 spiro atoms. The molecule has 7 heteroatoms. The van der Waals surface area contributed by atoms with Crippen LogP contribution in [-0.4, -0.2) is 27.1 Å². The second kappa shape index (κ2) is 4.65. The van der Waals surface area contributed by atoms with E-state index in [1.54, 1.807) is 6.92 Å². The van der Waals surface area contributed by atoms with Gasteiger partial charge in [0, 0.05) is 6.07 Å². The number of nitrogens with two attached hydrogens (primary N) is 1. The van der Waals surface area contributed by atoms with Gasteiger partial charge in [0.05, 0.1) is 11.0 Å². The Morgan fingerprint density at radius 2 is 2.33 bits per heavy atom. The Labute approximate surface area is 90.9 Å². The first-order chi connectivity index (χ1) is 7.00. The maximum atomic E-state index is 11.5. The van der Waals surface area contributed by atoms with Gasteiger partial charge in [-0.1, -0.05) is 12.2 Å². The highest BCUT2D eigenvalue weighted by atomic mass is 32.1. The van der Waals surface area contributed by atoms with E-state index in [0.29, 0.717) is 0 Å². The first kappa shape index (κ1) is 11.3. The predicted octanol–water partition coefficient (Wildman–Crippen LogP) is -0.826. The molecule has 1 amide bonds. The Bertz CT molecular complexity index is 422. The van der Waals surface area contributed by atoms with Crippen LogP contribution in [0.4, 0.5) is 0 Å². The van der Waals surface area contributed by atoms with Crippen LogP contribution in [0.2, 0.25) is 0 Å². The molecule has 0 fully saturated rings. The van der Waals surface area contributed by atoms with Crippen molar-refractivity contribution in [2.45, 2.75) is 13.0 Å². The third kappa shape index (κ3) is 3.13. The third-order valence-corrected chi connectivity index (χ3v) is 2.04. The lowest BCUT2D eigenvalue weighted by atomic mass is 10.3. The average Bonchev–Trinajstić information content (AvgIpc) is 2.18. The predicted molar refractivity (Wildman–Crippen MR) is 58.6 cm³/mol. The molecule has 15 heavy (non-hydrogen) atoms. The second-order valence-electron chi connectivity index (χ2n) is 2.90. The summed E-state index contributed by atoms with van der Waals surface area (Å²) in [4.78, 5) is 22.3. The number of thiocarbonyl (C=S) groups is 1. The Hall–Kier alpha value is -1.76. The monoisotopic (exact) mass is 226 g/mol. The normalized spacial score (nSPS) is 11.8. The van der Waals surface area contributed by atoms with Gasteiger partial charge in [-0.05, 0) is 13.0 Å². The summed E-state index contributed by atoms with van der Waals surface area (Å²) in [5.74, 6) is -0.438. The van der Waals surface area contributed by atoms with Crippen molar-refractivity contribution in [2.75, 3.05) is 0 Å². The quantitative estimate of drug-likeness (QED) is 0.584. The van der Waals surface area contributed by atoms with Crippen LogP contribution in [0.3, 0.4) is 0 Å². The molecule has 1 atom stereocenters. The van der Waals surface area contributed by atoms with Crippen LogP contribution in [0.25, 0.3) is 0 Å². The first-order valence-electron chi connectivity index (χ1n) is 4.16. The molecular weight excluding hydrogens is 216 g/mol. The molecule has 0 aliphatic rings. The van der Waals surface area contributed by atoms with E-state index in [0.717, 1.165) is 0 Å².